The first-order chi connectivity index (χ1) is 4.61. The van der Waals surface area contributed by atoms with Crippen LogP contribution < -0.4 is 5.73 Å². The highest BCUT2D eigenvalue weighted by Crippen LogP contribution is 2.28. The van der Waals surface area contributed by atoms with E-state index >= 15 is 0 Å². The Morgan fingerprint density at radius 3 is 2.30 bits per heavy atom. The molecule has 0 saturated carbocycles. The highest BCUT2D eigenvalue weighted by Gasteiger charge is 2.00. The number of benzene rings is 1. The van der Waals surface area contributed by atoms with Crippen molar-refractivity contribution in [2.75, 3.05) is 5.73 Å². The molecule has 1 aromatic rings. The van der Waals surface area contributed by atoms with Gasteiger partial charge in [0.2, 0.25) is 0 Å². The Kier molecular flexibility index (Phi) is 2.34. The number of nitrogen functional groups attached to an aromatic ring is 1. The topological polar surface area (TPSA) is 26.0 Å². The number of hydrogen-bond donors (Lipinski definition) is 2. The average Bonchev–Trinajstić information content (AvgIpc) is 1.84. The van der Waals surface area contributed by atoms with Crippen LogP contribution in [-0.4, -0.2) is 0 Å². The minimum Gasteiger partial charge on any atom is -0.397 e. The van der Waals surface area contributed by atoms with Crippen LogP contribution in [0.2, 0.25) is 10.0 Å². The van der Waals surface area contributed by atoms with Crippen molar-refractivity contribution in [3.8, 4) is 0 Å². The van der Waals surface area contributed by atoms with E-state index in [4.69, 9.17) is 28.9 Å². The normalized spacial score (nSPS) is 9.90. The van der Waals surface area contributed by atoms with Crippen LogP contribution in [0.1, 0.15) is 0 Å². The molecule has 0 radical (unpaired) electrons. The second kappa shape index (κ2) is 2.91. The van der Waals surface area contributed by atoms with Crippen LogP contribution in [0.15, 0.2) is 17.0 Å². The van der Waals surface area contributed by atoms with Crippen molar-refractivity contribution in [3.63, 3.8) is 0 Å². The van der Waals surface area contributed by atoms with E-state index in [-0.39, 0.29) is 0 Å². The van der Waals surface area contributed by atoms with Gasteiger partial charge in [-0.1, -0.05) is 23.2 Å². The van der Waals surface area contributed by atoms with E-state index in [0.717, 1.165) is 0 Å². The lowest BCUT2D eigenvalue weighted by Gasteiger charge is -2.00. The molecule has 0 atom stereocenters. The van der Waals surface area contributed by atoms with Crippen LogP contribution in [0.25, 0.3) is 0 Å². The maximum absolute atomic E-state index is 5.67. The maximum Gasteiger partial charge on any atom is 0.0651 e. The number of nitrogens with two attached hydrogens (primary N) is 1. The van der Waals surface area contributed by atoms with Crippen molar-refractivity contribution in [2.24, 2.45) is 0 Å². The van der Waals surface area contributed by atoms with E-state index in [2.05, 4.69) is 12.6 Å². The predicted octanol–water partition coefficient (Wildman–Crippen LogP) is 2.86. The van der Waals surface area contributed by atoms with Crippen LogP contribution in [0.3, 0.4) is 0 Å². The summed E-state index contributed by atoms with van der Waals surface area (Å²) >= 11 is 15.4. The summed E-state index contributed by atoms with van der Waals surface area (Å²) in [5, 5.41) is 0.977. The second-order valence-corrected chi connectivity index (χ2v) is 3.12. The lowest BCUT2D eigenvalue weighted by molar-refractivity contribution is 1.48. The molecule has 0 aromatic heterocycles. The van der Waals surface area contributed by atoms with E-state index in [0.29, 0.717) is 20.6 Å². The molecule has 0 amide bonds. The van der Waals surface area contributed by atoms with Crippen molar-refractivity contribution >= 4 is 41.5 Å². The molecule has 4 heteroatoms. The lowest BCUT2D eigenvalue weighted by atomic mass is 10.3. The number of hydrogen-bond acceptors (Lipinski definition) is 2. The minimum absolute atomic E-state index is 0.461. The fourth-order valence-electron chi connectivity index (χ4n) is 0.554. The molecule has 0 aliphatic carbocycles. The quantitative estimate of drug-likeness (QED) is 0.482. The number of anilines is 1. The Bertz CT molecular complexity index is 212. The zero-order valence-corrected chi connectivity index (χ0v) is 7.34. The van der Waals surface area contributed by atoms with Crippen molar-refractivity contribution in [2.45, 2.75) is 4.90 Å². The molecular weight excluding hydrogens is 189 g/mol. The molecule has 0 spiro atoms. The summed E-state index contributed by atoms with van der Waals surface area (Å²) in [6, 6.07) is 3.19. The molecule has 54 valence electrons. The first-order valence-corrected chi connectivity index (χ1v) is 3.75. The van der Waals surface area contributed by atoms with Gasteiger partial charge >= 0.3 is 0 Å². The van der Waals surface area contributed by atoms with Gasteiger partial charge in [0.25, 0.3) is 0 Å². The monoisotopic (exact) mass is 193 g/mol. The molecule has 0 bridgehead atoms. The van der Waals surface area contributed by atoms with Gasteiger partial charge in [0, 0.05) is 4.90 Å². The Morgan fingerprint density at radius 1 is 1.20 bits per heavy atom. The SMILES string of the molecule is Nc1cc(S)c(Cl)cc1Cl. The van der Waals surface area contributed by atoms with Crippen molar-refractivity contribution in [1.82, 2.24) is 0 Å². The van der Waals surface area contributed by atoms with Gasteiger partial charge in [-0.05, 0) is 12.1 Å². The van der Waals surface area contributed by atoms with E-state index < -0.39 is 0 Å². The number of thiol groups is 1. The smallest absolute Gasteiger partial charge is 0.0651 e. The van der Waals surface area contributed by atoms with Crippen molar-refractivity contribution in [1.29, 1.82) is 0 Å². The summed E-state index contributed by atoms with van der Waals surface area (Å²) in [5.74, 6) is 0. The van der Waals surface area contributed by atoms with Crippen LogP contribution in [0.4, 0.5) is 5.69 Å². The van der Waals surface area contributed by atoms with E-state index in [9.17, 15) is 0 Å². The number of halogens is 2. The molecule has 10 heavy (non-hydrogen) atoms. The molecule has 1 nitrogen and oxygen atoms in total. The van der Waals surface area contributed by atoms with Gasteiger partial charge in [-0.3, -0.25) is 0 Å². The van der Waals surface area contributed by atoms with E-state index in [1.54, 1.807) is 12.1 Å². The van der Waals surface area contributed by atoms with E-state index in [1.165, 1.54) is 0 Å². The first-order valence-electron chi connectivity index (χ1n) is 2.54. The van der Waals surface area contributed by atoms with Crippen LogP contribution in [0.5, 0.6) is 0 Å². The minimum atomic E-state index is 0.461. The molecule has 2 N–H and O–H groups in total. The van der Waals surface area contributed by atoms with Crippen LogP contribution >= 0.6 is 35.8 Å². The molecule has 0 fully saturated rings. The van der Waals surface area contributed by atoms with E-state index in [1.807, 2.05) is 0 Å². The summed E-state index contributed by atoms with van der Waals surface area (Å²) < 4.78 is 0. The third-order valence-corrected chi connectivity index (χ3v) is 2.21. The van der Waals surface area contributed by atoms with Gasteiger partial charge in [0.15, 0.2) is 0 Å². The van der Waals surface area contributed by atoms with Crippen molar-refractivity contribution < 1.29 is 0 Å². The van der Waals surface area contributed by atoms with Crippen LogP contribution in [0, 0.1) is 0 Å². The Morgan fingerprint density at radius 2 is 1.80 bits per heavy atom. The zero-order valence-electron chi connectivity index (χ0n) is 4.94. The fourth-order valence-corrected chi connectivity index (χ4v) is 1.14. The summed E-state index contributed by atoms with van der Waals surface area (Å²) in [5.41, 5.74) is 5.95. The van der Waals surface area contributed by atoms with Gasteiger partial charge in [-0.25, -0.2) is 0 Å². The number of rotatable bonds is 0. The second-order valence-electron chi connectivity index (χ2n) is 1.83. The summed E-state index contributed by atoms with van der Waals surface area (Å²) in [6.45, 7) is 0. The summed E-state index contributed by atoms with van der Waals surface area (Å²) in [7, 11) is 0. The highest BCUT2D eigenvalue weighted by atomic mass is 35.5. The summed E-state index contributed by atoms with van der Waals surface area (Å²) in [6.07, 6.45) is 0. The maximum atomic E-state index is 5.67. The van der Waals surface area contributed by atoms with Gasteiger partial charge in [0.1, 0.15) is 0 Å². The molecule has 0 heterocycles. The third-order valence-electron chi connectivity index (χ3n) is 1.07. The Hall–Kier alpha value is -0.0500. The van der Waals surface area contributed by atoms with Gasteiger partial charge in [-0.15, -0.1) is 12.6 Å². The highest BCUT2D eigenvalue weighted by molar-refractivity contribution is 7.80. The molecular formula is C6H5Cl2NS. The van der Waals surface area contributed by atoms with Gasteiger partial charge in [-0.2, -0.15) is 0 Å². The van der Waals surface area contributed by atoms with Crippen LogP contribution in [-0.2, 0) is 0 Å². The molecule has 0 unspecified atom stereocenters. The van der Waals surface area contributed by atoms with Gasteiger partial charge in [0.05, 0.1) is 15.7 Å². The van der Waals surface area contributed by atoms with Crippen molar-refractivity contribution in [3.05, 3.63) is 22.2 Å². The molecule has 0 aliphatic heterocycles. The average molecular weight is 194 g/mol. The largest absolute Gasteiger partial charge is 0.397 e. The molecule has 1 rings (SSSR count). The predicted molar refractivity (Wildman–Crippen MR) is 48.1 cm³/mol. The standard InChI is InChI=1S/C6H5Cl2NS/c7-3-1-4(8)6(10)2-5(3)9/h1-2,10H,9H2. The lowest BCUT2D eigenvalue weighted by Crippen LogP contribution is -1.85. The molecule has 0 saturated heterocycles. The zero-order chi connectivity index (χ0) is 7.72. The summed E-state index contributed by atoms with van der Waals surface area (Å²) in [4.78, 5) is 0.642. The molecule has 1 aromatic carbocycles. The Labute approximate surface area is 74.5 Å². The first kappa shape index (κ1) is 8.05. The molecule has 0 aliphatic rings. The van der Waals surface area contributed by atoms with Gasteiger partial charge < -0.3 is 5.73 Å². The fraction of sp³-hybridized carbons (Fsp3) is 0. The third kappa shape index (κ3) is 1.51. The Balaban J connectivity index is 3.28.